The average Bonchev–Trinajstić information content (AvgIpc) is 4.25. The standard InChI is InChI=1S/C65H44N8/c1-5-21-50(22-6-1)70-58-33-17-13-29-54(58)66-62(70)46-38-44(39-47(42-46)63-67-55-30-14-18-34-59(55)71(63)51-23-7-2-8-24-51)37-45-40-48(64-68-56-31-15-19-35-60(56)72(64)52-25-9-3-10-26-52)43-49(41-45)65-69-57-32-16-20-36-61(57)73(65)53-27-11-4-12-28-53/h1-36,38-43H,37H2. The van der Waals surface area contributed by atoms with E-state index in [0.29, 0.717) is 6.42 Å². The van der Waals surface area contributed by atoms with E-state index >= 15 is 0 Å². The van der Waals surface area contributed by atoms with Gasteiger partial charge in [0.1, 0.15) is 23.3 Å². The quantitative estimate of drug-likeness (QED) is 0.137. The van der Waals surface area contributed by atoms with Crippen molar-refractivity contribution in [3.05, 3.63) is 266 Å². The topological polar surface area (TPSA) is 71.3 Å². The zero-order chi connectivity index (χ0) is 48.2. The lowest BCUT2D eigenvalue weighted by Crippen LogP contribution is -2.02. The number of hydrogen-bond acceptors (Lipinski definition) is 4. The molecule has 14 aromatic rings. The van der Waals surface area contributed by atoms with Crippen molar-refractivity contribution in [1.29, 1.82) is 0 Å². The van der Waals surface area contributed by atoms with E-state index in [-0.39, 0.29) is 0 Å². The molecule has 0 radical (unpaired) electrons. The summed E-state index contributed by atoms with van der Waals surface area (Å²) in [6.07, 6.45) is 0.579. The van der Waals surface area contributed by atoms with Gasteiger partial charge in [0.25, 0.3) is 0 Å². The Bertz CT molecular complexity index is 3790. The molecule has 4 aromatic heterocycles. The molecule has 0 saturated carbocycles. The van der Waals surface area contributed by atoms with Gasteiger partial charge in [0.2, 0.25) is 0 Å². The Morgan fingerprint density at radius 1 is 0.233 bits per heavy atom. The minimum absolute atomic E-state index is 0.579. The van der Waals surface area contributed by atoms with Crippen LogP contribution in [0.2, 0.25) is 0 Å². The monoisotopic (exact) mass is 936 g/mol. The third-order valence-electron chi connectivity index (χ3n) is 13.7. The summed E-state index contributed by atoms with van der Waals surface area (Å²) >= 11 is 0. The van der Waals surface area contributed by atoms with Gasteiger partial charge in [-0.15, -0.1) is 0 Å². The number of aromatic nitrogens is 8. The van der Waals surface area contributed by atoms with Gasteiger partial charge in [0.15, 0.2) is 0 Å². The predicted octanol–water partition coefficient (Wildman–Crippen LogP) is 15.3. The molecular weight excluding hydrogens is 893 g/mol. The van der Waals surface area contributed by atoms with Gasteiger partial charge in [-0.25, -0.2) is 19.9 Å². The molecule has 0 spiro atoms. The van der Waals surface area contributed by atoms with Gasteiger partial charge >= 0.3 is 0 Å². The van der Waals surface area contributed by atoms with Crippen LogP contribution in [-0.4, -0.2) is 38.2 Å². The van der Waals surface area contributed by atoms with Crippen LogP contribution in [0.3, 0.4) is 0 Å². The molecule has 0 fully saturated rings. The summed E-state index contributed by atoms with van der Waals surface area (Å²) in [7, 11) is 0. The second kappa shape index (κ2) is 17.5. The van der Waals surface area contributed by atoms with Crippen LogP contribution in [0.15, 0.2) is 255 Å². The maximum absolute atomic E-state index is 5.41. The van der Waals surface area contributed by atoms with Crippen molar-refractivity contribution in [3.63, 3.8) is 0 Å². The molecule has 0 aliphatic carbocycles. The molecule has 10 aromatic carbocycles. The zero-order valence-corrected chi connectivity index (χ0v) is 39.5. The van der Waals surface area contributed by atoms with E-state index in [2.05, 4.69) is 273 Å². The van der Waals surface area contributed by atoms with Crippen LogP contribution in [0.1, 0.15) is 11.1 Å². The highest BCUT2D eigenvalue weighted by molar-refractivity contribution is 5.89. The van der Waals surface area contributed by atoms with Gasteiger partial charge in [0.05, 0.1) is 44.1 Å². The van der Waals surface area contributed by atoms with Crippen LogP contribution in [0.4, 0.5) is 0 Å². The smallest absolute Gasteiger partial charge is 0.145 e. The largest absolute Gasteiger partial charge is 0.292 e. The minimum Gasteiger partial charge on any atom is -0.292 e. The van der Waals surface area contributed by atoms with Gasteiger partial charge in [0, 0.05) is 45.0 Å². The molecule has 0 N–H and O–H groups in total. The minimum atomic E-state index is 0.579. The van der Waals surface area contributed by atoms with Gasteiger partial charge in [-0.05, 0) is 151 Å². The van der Waals surface area contributed by atoms with Gasteiger partial charge in [-0.2, -0.15) is 0 Å². The Labute approximate surface area is 421 Å². The normalized spacial score (nSPS) is 11.6. The molecule has 0 bridgehead atoms. The van der Waals surface area contributed by atoms with E-state index < -0.39 is 0 Å². The molecule has 8 nitrogen and oxygen atoms in total. The summed E-state index contributed by atoms with van der Waals surface area (Å²) in [6, 6.07) is 89.4. The molecule has 0 amide bonds. The highest BCUT2D eigenvalue weighted by Crippen LogP contribution is 2.39. The number of nitrogens with zero attached hydrogens (tertiary/aromatic N) is 8. The summed E-state index contributed by atoms with van der Waals surface area (Å²) in [4.78, 5) is 21.6. The first-order valence-electron chi connectivity index (χ1n) is 24.6. The molecule has 0 atom stereocenters. The number of benzene rings is 10. The number of imidazole rings is 4. The van der Waals surface area contributed by atoms with Crippen molar-refractivity contribution >= 4 is 44.1 Å². The number of rotatable bonds is 10. The first-order valence-corrected chi connectivity index (χ1v) is 24.6. The second-order valence-corrected chi connectivity index (χ2v) is 18.4. The van der Waals surface area contributed by atoms with Gasteiger partial charge < -0.3 is 0 Å². The Morgan fingerprint density at radius 2 is 0.452 bits per heavy atom. The first-order chi connectivity index (χ1) is 36.2. The summed E-state index contributed by atoms with van der Waals surface area (Å²) in [6.45, 7) is 0. The lowest BCUT2D eigenvalue weighted by atomic mass is 9.96. The SMILES string of the molecule is c1ccc(-n2c(-c3cc(Cc4cc(-c5nc6ccccc6n5-c5ccccc5)cc(-c5nc6ccccc6n5-c5ccccc5)c4)cc(-c4nc5ccccc5n4-c4ccccc4)c3)nc3ccccc32)cc1. The van der Waals surface area contributed by atoms with Crippen LogP contribution >= 0.6 is 0 Å². The van der Waals surface area contributed by atoms with Crippen LogP contribution in [0, 0.1) is 0 Å². The fourth-order valence-electron chi connectivity index (χ4n) is 10.6. The molecule has 4 heterocycles. The molecule has 73 heavy (non-hydrogen) atoms. The predicted molar refractivity (Wildman–Crippen MR) is 296 cm³/mol. The third-order valence-corrected chi connectivity index (χ3v) is 13.7. The fraction of sp³-hybridized carbons (Fsp3) is 0.0154. The van der Waals surface area contributed by atoms with Crippen molar-refractivity contribution in [2.45, 2.75) is 6.42 Å². The molecule has 14 rings (SSSR count). The summed E-state index contributed by atoms with van der Waals surface area (Å²) < 4.78 is 9.11. The number of fused-ring (bicyclic) bond motifs is 4. The van der Waals surface area contributed by atoms with Crippen LogP contribution in [0.25, 0.3) is 112 Å². The van der Waals surface area contributed by atoms with E-state index in [1.807, 2.05) is 0 Å². The van der Waals surface area contributed by atoms with Crippen molar-refractivity contribution < 1.29 is 0 Å². The molecule has 344 valence electrons. The molecule has 0 unspecified atom stereocenters. The number of para-hydroxylation sites is 12. The Hall–Kier alpha value is -9.92. The van der Waals surface area contributed by atoms with E-state index in [1.54, 1.807) is 0 Å². The fourth-order valence-corrected chi connectivity index (χ4v) is 10.6. The van der Waals surface area contributed by atoms with Crippen molar-refractivity contribution in [2.24, 2.45) is 0 Å². The van der Waals surface area contributed by atoms with Crippen LogP contribution in [-0.2, 0) is 6.42 Å². The second-order valence-electron chi connectivity index (χ2n) is 18.4. The maximum atomic E-state index is 5.41. The zero-order valence-electron chi connectivity index (χ0n) is 39.5. The van der Waals surface area contributed by atoms with Crippen LogP contribution < -0.4 is 0 Å². The summed E-state index contributed by atoms with van der Waals surface area (Å²) in [5, 5.41) is 0. The summed E-state index contributed by atoms with van der Waals surface area (Å²) in [5.74, 6) is 3.39. The number of hydrogen-bond donors (Lipinski definition) is 0. The molecule has 0 aliphatic heterocycles. The summed E-state index contributed by atoms with van der Waals surface area (Å²) in [5.41, 5.74) is 18.1. The highest BCUT2D eigenvalue weighted by Gasteiger charge is 2.23. The lowest BCUT2D eigenvalue weighted by Gasteiger charge is -2.16. The van der Waals surface area contributed by atoms with Crippen molar-refractivity contribution in [2.75, 3.05) is 0 Å². The van der Waals surface area contributed by atoms with E-state index in [1.165, 1.54) is 0 Å². The van der Waals surface area contributed by atoms with Gasteiger partial charge in [-0.1, -0.05) is 121 Å². The van der Waals surface area contributed by atoms with E-state index in [4.69, 9.17) is 19.9 Å². The Balaban J connectivity index is 1.03. The van der Waals surface area contributed by atoms with Gasteiger partial charge in [-0.3, -0.25) is 18.3 Å². The third kappa shape index (κ3) is 7.39. The Morgan fingerprint density at radius 3 is 0.699 bits per heavy atom. The lowest BCUT2D eigenvalue weighted by molar-refractivity contribution is 1.08. The molecule has 0 saturated heterocycles. The van der Waals surface area contributed by atoms with Crippen molar-refractivity contribution in [3.8, 4) is 68.3 Å². The maximum Gasteiger partial charge on any atom is 0.145 e. The van der Waals surface area contributed by atoms with Crippen LogP contribution in [0.5, 0.6) is 0 Å². The first kappa shape index (κ1) is 42.0. The Kier molecular flexibility index (Phi) is 10.1. The van der Waals surface area contributed by atoms with E-state index in [0.717, 1.165) is 124 Å². The molecule has 8 heteroatoms. The molecular formula is C65H44N8. The van der Waals surface area contributed by atoms with Crippen molar-refractivity contribution in [1.82, 2.24) is 38.2 Å². The van der Waals surface area contributed by atoms with E-state index in [9.17, 15) is 0 Å². The average molecular weight is 937 g/mol. The molecule has 0 aliphatic rings. The highest BCUT2D eigenvalue weighted by atomic mass is 15.1.